The number of carboxylic acids is 3. The minimum atomic E-state index is -1.19. The summed E-state index contributed by atoms with van der Waals surface area (Å²) in [7, 11) is 0. The van der Waals surface area contributed by atoms with Crippen LogP contribution in [0.4, 0.5) is 0 Å². The van der Waals surface area contributed by atoms with Gasteiger partial charge in [0.25, 0.3) is 0 Å². The molecular weight excluding hydrogens is 326 g/mol. The van der Waals surface area contributed by atoms with Gasteiger partial charge in [0.15, 0.2) is 18.1 Å². The van der Waals surface area contributed by atoms with Crippen LogP contribution >= 0.6 is 0 Å². The number of nitrogens with zero attached hydrogens (tertiary/aromatic N) is 1. The third kappa shape index (κ3) is 6.16. The Morgan fingerprint density at radius 1 is 0.800 bits per heavy atom. The molecule has 0 aromatic rings. The van der Waals surface area contributed by atoms with Crippen molar-refractivity contribution in [3.05, 3.63) is 12.2 Å². The van der Waals surface area contributed by atoms with Crippen LogP contribution in [0.2, 0.25) is 0 Å². The van der Waals surface area contributed by atoms with Crippen LogP contribution in [0.1, 0.15) is 59.8 Å². The van der Waals surface area contributed by atoms with Crippen molar-refractivity contribution < 1.29 is 34.2 Å². The average Bonchev–Trinajstić information content (AvgIpc) is 2.55. The molecule has 0 saturated heterocycles. The van der Waals surface area contributed by atoms with Crippen molar-refractivity contribution in [1.29, 1.82) is 0 Å². The second kappa shape index (κ2) is 10.9. The fourth-order valence-corrected chi connectivity index (χ4v) is 3.25. The fourth-order valence-electron chi connectivity index (χ4n) is 3.25. The van der Waals surface area contributed by atoms with Crippen molar-refractivity contribution in [1.82, 2.24) is 0 Å². The van der Waals surface area contributed by atoms with Crippen molar-refractivity contribution in [2.75, 3.05) is 6.54 Å². The first-order chi connectivity index (χ1) is 11.6. The topological polar surface area (TPSA) is 112 Å². The van der Waals surface area contributed by atoms with Gasteiger partial charge in [0, 0.05) is 0 Å². The van der Waals surface area contributed by atoms with Crippen LogP contribution in [0.25, 0.3) is 0 Å². The largest absolute Gasteiger partial charge is 0.477 e. The van der Waals surface area contributed by atoms with E-state index in [-0.39, 0.29) is 6.54 Å². The van der Waals surface area contributed by atoms with Gasteiger partial charge in [0.1, 0.15) is 0 Å². The molecule has 144 valence electrons. The molecule has 0 amide bonds. The summed E-state index contributed by atoms with van der Waals surface area (Å²) in [4.78, 5) is 34.8. The first kappa shape index (κ1) is 23.1. The Bertz CT molecular complexity index is 438. The Labute approximate surface area is 149 Å². The summed E-state index contributed by atoms with van der Waals surface area (Å²) in [6.07, 6.45) is 8.34. The lowest BCUT2D eigenvalue weighted by Gasteiger charge is -2.47. The van der Waals surface area contributed by atoms with Gasteiger partial charge in [-0.3, -0.25) is 4.48 Å². The molecule has 0 saturated carbocycles. The van der Waals surface area contributed by atoms with Crippen molar-refractivity contribution >= 4 is 17.9 Å². The SMILES string of the molecule is CCC/C=C/CCCC[N+](C(C)C(=O)O)(C(C)C(=O)O)C(C)C(=O)O. The van der Waals surface area contributed by atoms with Gasteiger partial charge in [-0.1, -0.05) is 25.5 Å². The van der Waals surface area contributed by atoms with Gasteiger partial charge < -0.3 is 15.3 Å². The number of allylic oxidation sites excluding steroid dienone is 2. The van der Waals surface area contributed by atoms with E-state index in [0.29, 0.717) is 6.42 Å². The minimum Gasteiger partial charge on any atom is -0.477 e. The van der Waals surface area contributed by atoms with Gasteiger partial charge in [-0.2, -0.15) is 0 Å². The van der Waals surface area contributed by atoms with Crippen molar-refractivity contribution in [3.63, 3.8) is 0 Å². The van der Waals surface area contributed by atoms with Crippen LogP contribution in [-0.4, -0.2) is 62.4 Å². The van der Waals surface area contributed by atoms with Crippen molar-refractivity contribution in [2.24, 2.45) is 0 Å². The molecule has 0 spiro atoms. The molecule has 0 aliphatic rings. The summed E-state index contributed by atoms with van der Waals surface area (Å²) in [5.74, 6) is -3.57. The number of hydrogen-bond acceptors (Lipinski definition) is 3. The first-order valence-corrected chi connectivity index (χ1v) is 8.83. The molecule has 0 fully saturated rings. The standard InChI is InChI=1S/C18H31NO6/c1-5-6-7-8-9-10-11-12-19(13(2)16(20)21,14(3)17(22)23)15(4)18(24)25/h7-8,13-15H,5-6,9-12H2,1-4H3,(H2-,20,21,22,23,24,25)/p+1/b8-7+. The average molecular weight is 358 g/mol. The summed E-state index contributed by atoms with van der Waals surface area (Å²) in [6, 6.07) is -3.39. The monoisotopic (exact) mass is 358 g/mol. The van der Waals surface area contributed by atoms with Gasteiger partial charge in [0.2, 0.25) is 0 Å². The minimum absolute atomic E-state index is 0.190. The highest BCUT2D eigenvalue weighted by molar-refractivity contribution is 5.77. The molecule has 0 radical (unpaired) electrons. The van der Waals surface area contributed by atoms with E-state index in [1.807, 2.05) is 0 Å². The molecule has 0 aromatic heterocycles. The number of aliphatic carboxylic acids is 3. The second-order valence-electron chi connectivity index (χ2n) is 6.52. The Hall–Kier alpha value is -1.89. The number of hydrogen-bond donors (Lipinski definition) is 3. The lowest BCUT2D eigenvalue weighted by Crippen LogP contribution is -2.70. The first-order valence-electron chi connectivity index (χ1n) is 8.83. The van der Waals surface area contributed by atoms with E-state index >= 15 is 0 Å². The molecule has 3 atom stereocenters. The van der Waals surface area contributed by atoms with E-state index in [2.05, 4.69) is 19.1 Å². The quantitative estimate of drug-likeness (QED) is 0.265. The lowest BCUT2D eigenvalue weighted by molar-refractivity contribution is -0.968. The predicted octanol–water partition coefficient (Wildman–Crippen LogP) is 2.75. The number of carboxylic acid groups (broad SMARTS) is 3. The third-order valence-electron chi connectivity index (χ3n) is 5.02. The maximum absolute atomic E-state index is 11.6. The zero-order valence-corrected chi connectivity index (χ0v) is 15.6. The predicted molar refractivity (Wildman–Crippen MR) is 94.3 cm³/mol. The van der Waals surface area contributed by atoms with Crippen LogP contribution in [0, 0.1) is 0 Å². The highest BCUT2D eigenvalue weighted by Gasteiger charge is 2.52. The van der Waals surface area contributed by atoms with E-state index in [9.17, 15) is 29.7 Å². The molecule has 0 heterocycles. The fraction of sp³-hybridized carbons (Fsp3) is 0.722. The molecule has 0 aliphatic carbocycles. The van der Waals surface area contributed by atoms with Gasteiger partial charge in [-0.05, 0) is 46.5 Å². The van der Waals surface area contributed by atoms with Gasteiger partial charge >= 0.3 is 17.9 Å². The van der Waals surface area contributed by atoms with Crippen LogP contribution in [-0.2, 0) is 14.4 Å². The zero-order valence-electron chi connectivity index (χ0n) is 15.6. The maximum Gasteiger partial charge on any atom is 0.362 e. The lowest BCUT2D eigenvalue weighted by atomic mass is 10.0. The number of carbonyl (C=O) groups is 3. The molecule has 3 unspecified atom stereocenters. The number of unbranched alkanes of at least 4 members (excludes halogenated alkanes) is 3. The van der Waals surface area contributed by atoms with Crippen LogP contribution < -0.4 is 0 Å². The van der Waals surface area contributed by atoms with E-state index in [1.165, 1.54) is 20.8 Å². The van der Waals surface area contributed by atoms with Crippen LogP contribution in [0.15, 0.2) is 12.2 Å². The Kier molecular flexibility index (Phi) is 10.0. The van der Waals surface area contributed by atoms with Gasteiger partial charge in [-0.15, -0.1) is 0 Å². The van der Waals surface area contributed by atoms with E-state index in [4.69, 9.17) is 0 Å². The summed E-state index contributed by atoms with van der Waals surface area (Å²) >= 11 is 0. The van der Waals surface area contributed by atoms with Crippen molar-refractivity contribution in [2.45, 2.75) is 77.9 Å². The molecule has 0 rings (SSSR count). The molecule has 7 nitrogen and oxygen atoms in total. The molecular formula is C18H32NO6+. The Morgan fingerprint density at radius 2 is 1.20 bits per heavy atom. The summed E-state index contributed by atoms with van der Waals surface area (Å²) in [5, 5.41) is 28.4. The zero-order chi connectivity index (χ0) is 19.6. The normalized spacial score (nSPS) is 17.6. The summed E-state index contributed by atoms with van der Waals surface area (Å²) in [6.45, 7) is 6.45. The molecule has 3 N–H and O–H groups in total. The molecule has 0 aromatic carbocycles. The van der Waals surface area contributed by atoms with Crippen LogP contribution in [0.3, 0.4) is 0 Å². The maximum atomic E-state index is 11.6. The van der Waals surface area contributed by atoms with E-state index in [1.54, 1.807) is 0 Å². The molecule has 0 bridgehead atoms. The Balaban J connectivity index is 5.43. The summed E-state index contributed by atoms with van der Waals surface area (Å²) < 4.78 is -0.501. The molecule has 7 heteroatoms. The third-order valence-corrected chi connectivity index (χ3v) is 5.02. The van der Waals surface area contributed by atoms with E-state index < -0.39 is 40.5 Å². The van der Waals surface area contributed by atoms with Crippen molar-refractivity contribution in [3.8, 4) is 0 Å². The Morgan fingerprint density at radius 3 is 1.56 bits per heavy atom. The van der Waals surface area contributed by atoms with Crippen LogP contribution in [0.5, 0.6) is 0 Å². The molecule has 25 heavy (non-hydrogen) atoms. The number of rotatable bonds is 13. The van der Waals surface area contributed by atoms with Gasteiger partial charge in [0.05, 0.1) is 6.54 Å². The molecule has 0 aliphatic heterocycles. The number of quaternary nitrogens is 1. The highest BCUT2D eigenvalue weighted by atomic mass is 16.4. The summed E-state index contributed by atoms with van der Waals surface area (Å²) in [5.41, 5.74) is 0. The highest BCUT2D eigenvalue weighted by Crippen LogP contribution is 2.27. The smallest absolute Gasteiger partial charge is 0.362 e. The van der Waals surface area contributed by atoms with Gasteiger partial charge in [-0.25, -0.2) is 14.4 Å². The van der Waals surface area contributed by atoms with E-state index in [0.717, 1.165) is 25.7 Å². The second-order valence-corrected chi connectivity index (χ2v) is 6.52.